The molecule has 15 heavy (non-hydrogen) atoms. The van der Waals surface area contributed by atoms with Crippen LogP contribution in [0.4, 0.5) is 13.2 Å². The van der Waals surface area contributed by atoms with Crippen LogP contribution >= 0.6 is 0 Å². The molecule has 1 atom stereocenters. The molecule has 0 N–H and O–H groups in total. The number of nitrogens with zero attached hydrogens (tertiary/aromatic N) is 1. The number of rotatable bonds is 2. The molecule has 1 fully saturated rings. The van der Waals surface area contributed by atoms with Crippen LogP contribution in [0.2, 0.25) is 0 Å². The first-order valence-electron chi connectivity index (χ1n) is 4.92. The summed E-state index contributed by atoms with van der Waals surface area (Å²) in [4.78, 5) is 1.47. The van der Waals surface area contributed by atoms with Gasteiger partial charge in [-0.1, -0.05) is 30.3 Å². The highest BCUT2D eigenvalue weighted by Gasteiger charge is 2.48. The van der Waals surface area contributed by atoms with Crippen LogP contribution in [0.5, 0.6) is 0 Å². The van der Waals surface area contributed by atoms with Gasteiger partial charge in [0, 0.05) is 13.1 Å². The van der Waals surface area contributed by atoms with Gasteiger partial charge in [0.25, 0.3) is 0 Å². The third kappa shape index (κ3) is 2.31. The third-order valence-electron chi connectivity index (χ3n) is 2.74. The molecule has 1 aromatic rings. The van der Waals surface area contributed by atoms with Crippen molar-refractivity contribution in [2.45, 2.75) is 25.2 Å². The van der Waals surface area contributed by atoms with Gasteiger partial charge in [0.05, 0.1) is 0 Å². The molecule has 82 valence electrons. The number of alkyl halides is 3. The lowest BCUT2D eigenvalue weighted by Crippen LogP contribution is -2.55. The van der Waals surface area contributed by atoms with Crippen LogP contribution in [0, 0.1) is 0 Å². The molecule has 2 rings (SSSR count). The molecule has 0 aliphatic carbocycles. The maximum absolute atomic E-state index is 12.4. The fourth-order valence-electron chi connectivity index (χ4n) is 1.82. The number of halogens is 3. The van der Waals surface area contributed by atoms with Crippen LogP contribution in [0.1, 0.15) is 12.0 Å². The highest BCUT2D eigenvalue weighted by Crippen LogP contribution is 2.34. The monoisotopic (exact) mass is 215 g/mol. The third-order valence-corrected chi connectivity index (χ3v) is 2.74. The van der Waals surface area contributed by atoms with Crippen LogP contribution < -0.4 is 0 Å². The smallest absolute Gasteiger partial charge is 0.288 e. The molecule has 0 spiro atoms. The van der Waals surface area contributed by atoms with Crippen molar-refractivity contribution in [2.75, 3.05) is 6.54 Å². The maximum atomic E-state index is 12.4. The Morgan fingerprint density at radius 1 is 1.20 bits per heavy atom. The molecule has 0 aromatic heterocycles. The van der Waals surface area contributed by atoms with Gasteiger partial charge in [-0.05, 0) is 12.0 Å². The normalized spacial score (nSPS) is 22.5. The van der Waals surface area contributed by atoms with Crippen LogP contribution in [0.3, 0.4) is 0 Å². The Morgan fingerprint density at radius 2 is 1.87 bits per heavy atom. The topological polar surface area (TPSA) is 3.24 Å². The summed E-state index contributed by atoms with van der Waals surface area (Å²) in [7, 11) is 0. The van der Waals surface area contributed by atoms with Crippen molar-refractivity contribution in [1.29, 1.82) is 0 Å². The van der Waals surface area contributed by atoms with Gasteiger partial charge in [-0.15, -0.1) is 0 Å². The number of hydrogen-bond acceptors (Lipinski definition) is 1. The molecular formula is C11H12F3N. The Balaban J connectivity index is 1.97. The van der Waals surface area contributed by atoms with Gasteiger partial charge in [-0.2, -0.15) is 13.2 Å². The summed E-state index contributed by atoms with van der Waals surface area (Å²) in [5.74, 6) is 0. The van der Waals surface area contributed by atoms with E-state index in [-0.39, 0.29) is 6.42 Å². The van der Waals surface area contributed by atoms with Crippen molar-refractivity contribution in [3.05, 3.63) is 35.9 Å². The second-order valence-electron chi connectivity index (χ2n) is 3.80. The van der Waals surface area contributed by atoms with Crippen molar-refractivity contribution in [2.24, 2.45) is 0 Å². The average Bonchev–Trinajstić information content (AvgIpc) is 2.11. The molecule has 0 amide bonds. The molecule has 1 aliphatic heterocycles. The average molecular weight is 215 g/mol. The predicted octanol–water partition coefficient (Wildman–Crippen LogP) is 2.82. The van der Waals surface area contributed by atoms with Gasteiger partial charge in [0.15, 0.2) is 0 Å². The Kier molecular flexibility index (Phi) is 2.69. The highest BCUT2D eigenvalue weighted by molar-refractivity contribution is 5.15. The molecule has 1 nitrogen and oxygen atoms in total. The summed E-state index contributed by atoms with van der Waals surface area (Å²) < 4.78 is 37.2. The summed E-state index contributed by atoms with van der Waals surface area (Å²) >= 11 is 0. The minimum Gasteiger partial charge on any atom is -0.288 e. The van der Waals surface area contributed by atoms with Crippen LogP contribution in [-0.2, 0) is 6.54 Å². The van der Waals surface area contributed by atoms with Gasteiger partial charge >= 0.3 is 6.18 Å². The highest BCUT2D eigenvalue weighted by atomic mass is 19.4. The van der Waals surface area contributed by atoms with E-state index in [1.54, 1.807) is 0 Å². The summed E-state index contributed by atoms with van der Waals surface area (Å²) in [6.07, 6.45) is -3.84. The Hall–Kier alpha value is -1.03. The van der Waals surface area contributed by atoms with Crippen molar-refractivity contribution in [3.63, 3.8) is 0 Å². The van der Waals surface area contributed by atoms with E-state index in [0.29, 0.717) is 13.1 Å². The van der Waals surface area contributed by atoms with Crippen molar-refractivity contribution in [1.82, 2.24) is 4.90 Å². The molecule has 1 aliphatic rings. The van der Waals surface area contributed by atoms with E-state index in [2.05, 4.69) is 0 Å². The SMILES string of the molecule is FC(F)(F)C1CCN1Cc1ccccc1. The molecular weight excluding hydrogens is 203 g/mol. The molecule has 0 bridgehead atoms. The van der Waals surface area contributed by atoms with E-state index < -0.39 is 12.2 Å². The van der Waals surface area contributed by atoms with E-state index in [9.17, 15) is 13.2 Å². The van der Waals surface area contributed by atoms with Crippen LogP contribution in [0.25, 0.3) is 0 Å². The molecule has 1 heterocycles. The van der Waals surface area contributed by atoms with Gasteiger partial charge in [-0.3, -0.25) is 4.90 Å². The maximum Gasteiger partial charge on any atom is 0.404 e. The lowest BCUT2D eigenvalue weighted by atomic mass is 10.0. The van der Waals surface area contributed by atoms with E-state index in [1.807, 2.05) is 30.3 Å². The first-order valence-corrected chi connectivity index (χ1v) is 4.92. The molecule has 4 heteroatoms. The minimum atomic E-state index is -4.08. The van der Waals surface area contributed by atoms with Crippen molar-refractivity contribution >= 4 is 0 Å². The Bertz CT molecular complexity index is 320. The number of benzene rings is 1. The Labute approximate surface area is 86.5 Å². The lowest BCUT2D eigenvalue weighted by Gasteiger charge is -2.41. The number of hydrogen-bond donors (Lipinski definition) is 0. The van der Waals surface area contributed by atoms with Crippen molar-refractivity contribution < 1.29 is 13.2 Å². The Morgan fingerprint density at radius 3 is 2.33 bits per heavy atom. The van der Waals surface area contributed by atoms with E-state index in [0.717, 1.165) is 5.56 Å². The molecule has 1 aromatic carbocycles. The standard InChI is InChI=1S/C11H12F3N/c12-11(13,14)10-6-7-15(10)8-9-4-2-1-3-5-9/h1-5,10H,6-8H2. The fourth-order valence-corrected chi connectivity index (χ4v) is 1.82. The van der Waals surface area contributed by atoms with E-state index in [4.69, 9.17) is 0 Å². The zero-order valence-corrected chi connectivity index (χ0v) is 8.17. The summed E-state index contributed by atoms with van der Waals surface area (Å²) in [6, 6.07) is 8.02. The van der Waals surface area contributed by atoms with Gasteiger partial charge in [0.1, 0.15) is 6.04 Å². The quantitative estimate of drug-likeness (QED) is 0.733. The molecule has 0 saturated carbocycles. The largest absolute Gasteiger partial charge is 0.404 e. The molecule has 1 saturated heterocycles. The van der Waals surface area contributed by atoms with E-state index >= 15 is 0 Å². The van der Waals surface area contributed by atoms with E-state index in [1.165, 1.54) is 4.90 Å². The zero-order valence-electron chi connectivity index (χ0n) is 8.17. The number of likely N-dealkylation sites (tertiary alicyclic amines) is 1. The fraction of sp³-hybridized carbons (Fsp3) is 0.455. The molecule has 0 radical (unpaired) electrons. The van der Waals surface area contributed by atoms with Gasteiger partial charge < -0.3 is 0 Å². The minimum absolute atomic E-state index is 0.232. The van der Waals surface area contributed by atoms with Gasteiger partial charge in [0.2, 0.25) is 0 Å². The van der Waals surface area contributed by atoms with Crippen molar-refractivity contribution in [3.8, 4) is 0 Å². The summed E-state index contributed by atoms with van der Waals surface area (Å²) in [6.45, 7) is 0.935. The summed E-state index contributed by atoms with van der Waals surface area (Å²) in [5, 5.41) is 0. The summed E-state index contributed by atoms with van der Waals surface area (Å²) in [5.41, 5.74) is 0.937. The van der Waals surface area contributed by atoms with Crippen LogP contribution in [0.15, 0.2) is 30.3 Å². The second kappa shape index (κ2) is 3.85. The predicted molar refractivity (Wildman–Crippen MR) is 51.3 cm³/mol. The first kappa shape index (κ1) is 10.5. The molecule has 1 unspecified atom stereocenters. The second-order valence-corrected chi connectivity index (χ2v) is 3.80. The lowest BCUT2D eigenvalue weighted by molar-refractivity contribution is -0.212. The first-order chi connectivity index (χ1) is 7.07. The van der Waals surface area contributed by atoms with Crippen LogP contribution in [-0.4, -0.2) is 23.7 Å². The van der Waals surface area contributed by atoms with Gasteiger partial charge in [-0.25, -0.2) is 0 Å². The zero-order chi connectivity index (χ0) is 10.9.